The number of hydrogen-bond donors (Lipinski definition) is 2. The maximum atomic E-state index is 11.3. The first-order chi connectivity index (χ1) is 8.41. The Morgan fingerprint density at radius 3 is 2.67 bits per heavy atom. The van der Waals surface area contributed by atoms with E-state index in [1.807, 2.05) is 13.1 Å². The Kier molecular flexibility index (Phi) is 3.22. The second-order valence-electron chi connectivity index (χ2n) is 4.91. The molecule has 0 amide bonds. The summed E-state index contributed by atoms with van der Waals surface area (Å²) in [6, 6.07) is -0.440. The minimum absolute atomic E-state index is 0.0128. The minimum atomic E-state index is -0.440. The van der Waals surface area contributed by atoms with Crippen LogP contribution in [0.2, 0.25) is 0 Å². The average Bonchev–Trinajstić information content (AvgIpc) is 2.69. The van der Waals surface area contributed by atoms with Gasteiger partial charge in [0.05, 0.1) is 6.04 Å². The summed E-state index contributed by atoms with van der Waals surface area (Å²) < 4.78 is 0. The topological polar surface area (TPSA) is 71.8 Å². The molecule has 0 aliphatic heterocycles. The normalized spacial score (nSPS) is 12.9. The van der Waals surface area contributed by atoms with Gasteiger partial charge in [0.25, 0.3) is 0 Å². The largest absolute Gasteiger partial charge is 0.346 e. The Labute approximate surface area is 107 Å². The van der Waals surface area contributed by atoms with E-state index in [1.54, 1.807) is 0 Å². The SMILES string of the molecule is CC(=O)[C@@H](N)Cc1c[nH]c2nc(C)c(C)c(C)c12. The number of aryl methyl sites for hydroxylation is 2. The summed E-state index contributed by atoms with van der Waals surface area (Å²) in [5, 5.41) is 1.11. The van der Waals surface area contributed by atoms with Gasteiger partial charge in [0.1, 0.15) is 11.4 Å². The quantitative estimate of drug-likeness (QED) is 0.868. The number of pyridine rings is 1. The molecule has 3 N–H and O–H groups in total. The Morgan fingerprint density at radius 2 is 2.06 bits per heavy atom. The predicted octanol–water partition coefficient (Wildman–Crippen LogP) is 1.95. The molecule has 2 heterocycles. The first-order valence-corrected chi connectivity index (χ1v) is 6.11. The zero-order valence-electron chi connectivity index (χ0n) is 11.3. The molecule has 0 unspecified atom stereocenters. The highest BCUT2D eigenvalue weighted by Gasteiger charge is 2.15. The predicted molar refractivity (Wildman–Crippen MR) is 72.7 cm³/mol. The number of H-pyrrole nitrogens is 1. The van der Waals surface area contributed by atoms with Gasteiger partial charge in [0, 0.05) is 17.3 Å². The highest BCUT2D eigenvalue weighted by molar-refractivity contribution is 5.87. The molecular formula is C14H19N3O. The van der Waals surface area contributed by atoms with E-state index < -0.39 is 6.04 Å². The molecule has 0 fully saturated rings. The lowest BCUT2D eigenvalue weighted by atomic mass is 9.99. The summed E-state index contributed by atoms with van der Waals surface area (Å²) in [6.45, 7) is 7.69. The molecule has 0 aromatic carbocycles. The zero-order chi connectivity index (χ0) is 13.4. The van der Waals surface area contributed by atoms with E-state index in [-0.39, 0.29) is 5.78 Å². The van der Waals surface area contributed by atoms with Crippen LogP contribution in [0.25, 0.3) is 11.0 Å². The molecule has 0 radical (unpaired) electrons. The monoisotopic (exact) mass is 245 g/mol. The van der Waals surface area contributed by atoms with Gasteiger partial charge in [0.15, 0.2) is 0 Å². The summed E-state index contributed by atoms with van der Waals surface area (Å²) in [4.78, 5) is 19.0. The fourth-order valence-electron chi connectivity index (χ4n) is 2.21. The van der Waals surface area contributed by atoms with Gasteiger partial charge < -0.3 is 10.7 Å². The lowest BCUT2D eigenvalue weighted by Crippen LogP contribution is -2.30. The summed E-state index contributed by atoms with van der Waals surface area (Å²) in [6.07, 6.45) is 2.46. The van der Waals surface area contributed by atoms with Crippen molar-refractivity contribution in [2.24, 2.45) is 5.73 Å². The molecule has 0 spiro atoms. The van der Waals surface area contributed by atoms with Crippen molar-refractivity contribution < 1.29 is 4.79 Å². The maximum Gasteiger partial charge on any atom is 0.146 e. The molecule has 96 valence electrons. The van der Waals surface area contributed by atoms with Gasteiger partial charge in [-0.1, -0.05) is 0 Å². The van der Waals surface area contributed by atoms with Gasteiger partial charge in [-0.15, -0.1) is 0 Å². The molecule has 4 nitrogen and oxygen atoms in total. The lowest BCUT2D eigenvalue weighted by molar-refractivity contribution is -0.118. The van der Waals surface area contributed by atoms with Gasteiger partial charge in [-0.2, -0.15) is 0 Å². The van der Waals surface area contributed by atoms with Crippen LogP contribution in [0.4, 0.5) is 0 Å². The third-order valence-electron chi connectivity index (χ3n) is 3.66. The fourth-order valence-corrected chi connectivity index (χ4v) is 2.21. The van der Waals surface area contributed by atoms with Gasteiger partial charge in [-0.3, -0.25) is 4.79 Å². The second kappa shape index (κ2) is 4.53. The van der Waals surface area contributed by atoms with E-state index in [0.717, 1.165) is 22.3 Å². The molecule has 0 saturated heterocycles. The number of aromatic amines is 1. The van der Waals surface area contributed by atoms with Crippen molar-refractivity contribution in [2.45, 2.75) is 40.2 Å². The summed E-state index contributed by atoms with van der Waals surface area (Å²) in [5.74, 6) is 0.0128. The Morgan fingerprint density at radius 1 is 1.39 bits per heavy atom. The lowest BCUT2D eigenvalue weighted by Gasteiger charge is -2.10. The van der Waals surface area contributed by atoms with E-state index in [0.29, 0.717) is 6.42 Å². The number of carbonyl (C=O) groups is 1. The van der Waals surface area contributed by atoms with E-state index in [1.165, 1.54) is 18.1 Å². The van der Waals surface area contributed by atoms with Gasteiger partial charge in [-0.05, 0) is 50.8 Å². The first kappa shape index (κ1) is 12.8. The first-order valence-electron chi connectivity index (χ1n) is 6.11. The number of nitrogens with one attached hydrogen (secondary N) is 1. The van der Waals surface area contributed by atoms with E-state index in [4.69, 9.17) is 5.73 Å². The van der Waals surface area contributed by atoms with Crippen LogP contribution >= 0.6 is 0 Å². The summed E-state index contributed by atoms with van der Waals surface area (Å²) in [5.41, 5.74) is 11.2. The van der Waals surface area contributed by atoms with E-state index >= 15 is 0 Å². The molecule has 2 rings (SSSR count). The third-order valence-corrected chi connectivity index (χ3v) is 3.66. The molecule has 18 heavy (non-hydrogen) atoms. The van der Waals surface area contributed by atoms with Crippen LogP contribution < -0.4 is 5.73 Å². The third kappa shape index (κ3) is 2.04. The van der Waals surface area contributed by atoms with Gasteiger partial charge in [0.2, 0.25) is 0 Å². The Hall–Kier alpha value is -1.68. The number of fused-ring (bicyclic) bond motifs is 1. The number of nitrogens with zero attached hydrogens (tertiary/aromatic N) is 1. The van der Waals surface area contributed by atoms with E-state index in [2.05, 4.69) is 23.8 Å². The second-order valence-corrected chi connectivity index (χ2v) is 4.91. The van der Waals surface area contributed by atoms with Crippen molar-refractivity contribution in [3.8, 4) is 0 Å². The molecule has 2 aromatic heterocycles. The number of Topliss-reactive ketones (excluding diaryl/α,β-unsaturated/α-hetero) is 1. The number of rotatable bonds is 3. The smallest absolute Gasteiger partial charge is 0.146 e. The molecular weight excluding hydrogens is 226 g/mol. The van der Waals surface area contributed by atoms with Crippen LogP contribution in [0.5, 0.6) is 0 Å². The Bertz CT molecular complexity index is 613. The van der Waals surface area contributed by atoms with Crippen LogP contribution in [-0.2, 0) is 11.2 Å². The van der Waals surface area contributed by atoms with Crippen LogP contribution in [-0.4, -0.2) is 21.8 Å². The number of carbonyl (C=O) groups excluding carboxylic acids is 1. The molecule has 1 atom stereocenters. The molecule has 0 bridgehead atoms. The van der Waals surface area contributed by atoms with Crippen LogP contribution in [0.1, 0.15) is 29.3 Å². The highest BCUT2D eigenvalue weighted by atomic mass is 16.1. The molecule has 0 saturated carbocycles. The number of hydrogen-bond acceptors (Lipinski definition) is 3. The standard InChI is InChI=1S/C14H19N3O/c1-7-8(2)13-11(5-12(15)10(4)18)6-16-14(13)17-9(7)3/h6,12H,5,15H2,1-4H3,(H,16,17)/t12-/m0/s1. The van der Waals surface area contributed by atoms with Crippen molar-refractivity contribution >= 4 is 16.8 Å². The van der Waals surface area contributed by atoms with Crippen molar-refractivity contribution in [3.63, 3.8) is 0 Å². The van der Waals surface area contributed by atoms with Crippen molar-refractivity contribution in [3.05, 3.63) is 28.6 Å². The maximum absolute atomic E-state index is 11.3. The van der Waals surface area contributed by atoms with Crippen LogP contribution in [0.15, 0.2) is 6.20 Å². The molecule has 2 aromatic rings. The molecule has 4 heteroatoms. The molecule has 0 aliphatic carbocycles. The highest BCUT2D eigenvalue weighted by Crippen LogP contribution is 2.25. The summed E-state index contributed by atoms with van der Waals surface area (Å²) >= 11 is 0. The Balaban J connectivity index is 2.54. The van der Waals surface area contributed by atoms with Crippen molar-refractivity contribution in [1.82, 2.24) is 9.97 Å². The van der Waals surface area contributed by atoms with Gasteiger partial charge in [-0.25, -0.2) is 4.98 Å². The number of aromatic nitrogens is 2. The van der Waals surface area contributed by atoms with Gasteiger partial charge >= 0.3 is 0 Å². The molecule has 0 aliphatic rings. The van der Waals surface area contributed by atoms with E-state index in [9.17, 15) is 4.79 Å². The van der Waals surface area contributed by atoms with Crippen LogP contribution in [0, 0.1) is 20.8 Å². The van der Waals surface area contributed by atoms with Crippen LogP contribution in [0.3, 0.4) is 0 Å². The van der Waals surface area contributed by atoms with Crippen molar-refractivity contribution in [2.75, 3.05) is 0 Å². The zero-order valence-corrected chi connectivity index (χ0v) is 11.3. The number of nitrogens with two attached hydrogens (primary N) is 1. The minimum Gasteiger partial charge on any atom is -0.346 e. The average molecular weight is 245 g/mol. The summed E-state index contributed by atoms with van der Waals surface area (Å²) in [7, 11) is 0. The number of ketones is 1. The fraction of sp³-hybridized carbons (Fsp3) is 0.429. The van der Waals surface area contributed by atoms with Crippen molar-refractivity contribution in [1.29, 1.82) is 0 Å².